The highest BCUT2D eigenvalue weighted by Crippen LogP contribution is 2.34. The molecule has 2 N–H and O–H groups in total. The molecule has 1 aliphatic carbocycles. The molecule has 0 aromatic heterocycles. The Morgan fingerprint density at radius 2 is 1.65 bits per heavy atom. The molecule has 0 heterocycles. The summed E-state index contributed by atoms with van der Waals surface area (Å²) in [6, 6.07) is 14.5. The van der Waals surface area contributed by atoms with E-state index >= 15 is 0 Å². The molecule has 2 aromatic carbocycles. The minimum Gasteiger partial charge on any atom is -0.444 e. The number of carbonyl (C=O) groups excluding carboxylic acids is 2. The fourth-order valence-electron chi connectivity index (χ4n) is 4.05. The molecule has 3 rings (SSSR count). The van der Waals surface area contributed by atoms with Crippen LogP contribution in [-0.2, 0) is 17.6 Å². The van der Waals surface area contributed by atoms with Crippen molar-refractivity contribution in [2.75, 3.05) is 33.7 Å². The number of carbonyl (C=O) groups is 2. The first-order chi connectivity index (χ1) is 16.1. The maximum atomic E-state index is 12.9. The molecule has 0 fully saturated rings. The molecule has 0 aliphatic heterocycles. The number of ether oxygens (including phenoxy) is 1. The number of aryl methyl sites for hydroxylation is 2. The van der Waals surface area contributed by atoms with Crippen LogP contribution in [-0.4, -0.2) is 56.2 Å². The Labute approximate surface area is 203 Å². The smallest absolute Gasteiger partial charge is 0.407 e. The van der Waals surface area contributed by atoms with E-state index in [9.17, 15) is 9.59 Å². The molecule has 6 heteroatoms. The second kappa shape index (κ2) is 11.3. The van der Waals surface area contributed by atoms with Gasteiger partial charge in [-0.25, -0.2) is 4.79 Å². The van der Waals surface area contributed by atoms with Crippen molar-refractivity contribution in [1.29, 1.82) is 0 Å². The summed E-state index contributed by atoms with van der Waals surface area (Å²) in [6.45, 7) is 7.03. The van der Waals surface area contributed by atoms with E-state index in [4.69, 9.17) is 4.74 Å². The summed E-state index contributed by atoms with van der Waals surface area (Å²) in [5, 5.41) is 5.56. The molecule has 0 spiro atoms. The Kier molecular flexibility index (Phi) is 8.51. The van der Waals surface area contributed by atoms with Gasteiger partial charge in [0.25, 0.3) is 5.91 Å². The average molecular weight is 464 g/mol. The molecule has 2 amide bonds. The van der Waals surface area contributed by atoms with E-state index in [0.29, 0.717) is 18.7 Å². The molecule has 2 aromatic rings. The lowest BCUT2D eigenvalue weighted by Crippen LogP contribution is -2.37. The molecular formula is C28H37N3O3. The molecule has 0 bridgehead atoms. The summed E-state index contributed by atoms with van der Waals surface area (Å²) in [5.41, 5.74) is 6.25. The number of rotatable bonds is 7. The second-order valence-electron chi connectivity index (χ2n) is 9.92. The number of amides is 2. The van der Waals surface area contributed by atoms with E-state index in [1.54, 1.807) is 0 Å². The van der Waals surface area contributed by atoms with Crippen molar-refractivity contribution in [1.82, 2.24) is 15.5 Å². The molecule has 0 saturated heterocycles. The molecule has 182 valence electrons. The van der Waals surface area contributed by atoms with Crippen LogP contribution in [0.5, 0.6) is 0 Å². The topological polar surface area (TPSA) is 70.7 Å². The van der Waals surface area contributed by atoms with Crippen molar-refractivity contribution >= 4 is 17.6 Å². The molecule has 0 saturated carbocycles. The van der Waals surface area contributed by atoms with Gasteiger partial charge in [-0.1, -0.05) is 36.4 Å². The highest BCUT2D eigenvalue weighted by molar-refractivity contribution is 5.96. The third-order valence-corrected chi connectivity index (χ3v) is 5.64. The van der Waals surface area contributed by atoms with E-state index in [1.165, 1.54) is 22.3 Å². The number of fused-ring (bicyclic) bond motifs is 2. The van der Waals surface area contributed by atoms with Crippen molar-refractivity contribution in [3.8, 4) is 0 Å². The van der Waals surface area contributed by atoms with Crippen molar-refractivity contribution in [3.63, 3.8) is 0 Å². The van der Waals surface area contributed by atoms with Gasteiger partial charge in [0.15, 0.2) is 0 Å². The summed E-state index contributed by atoms with van der Waals surface area (Å²) in [4.78, 5) is 26.8. The van der Waals surface area contributed by atoms with Crippen LogP contribution in [0.2, 0.25) is 0 Å². The molecule has 34 heavy (non-hydrogen) atoms. The minimum atomic E-state index is -0.550. The van der Waals surface area contributed by atoms with Gasteiger partial charge in [0.05, 0.1) is 0 Å². The van der Waals surface area contributed by atoms with Gasteiger partial charge in [0, 0.05) is 25.2 Å². The Morgan fingerprint density at radius 1 is 0.971 bits per heavy atom. The standard InChI is InChI=1S/C28H37N3O3/c1-28(2,3)34-27(33)30-17-16-29-26(32)22-15-14-21-13-12-20-9-6-7-10-23(20)24(25(21)19-22)11-8-18-31(4)5/h6-7,9-11,14-15,19H,8,12-13,16-18H2,1-5H3,(H,29,32)(H,30,33)/b24-11+. The van der Waals surface area contributed by atoms with Gasteiger partial charge in [-0.05, 0) is 94.1 Å². The van der Waals surface area contributed by atoms with Crippen LogP contribution >= 0.6 is 0 Å². The van der Waals surface area contributed by atoms with Crippen LogP contribution in [0.3, 0.4) is 0 Å². The predicted octanol–water partition coefficient (Wildman–Crippen LogP) is 4.42. The zero-order chi connectivity index (χ0) is 24.7. The summed E-state index contributed by atoms with van der Waals surface area (Å²) >= 11 is 0. The maximum Gasteiger partial charge on any atom is 0.407 e. The first kappa shape index (κ1) is 25.5. The molecule has 0 atom stereocenters. The third kappa shape index (κ3) is 7.19. The van der Waals surface area contributed by atoms with Crippen LogP contribution in [0.15, 0.2) is 48.5 Å². The number of hydrogen-bond acceptors (Lipinski definition) is 4. The number of hydrogen-bond donors (Lipinski definition) is 2. The zero-order valence-electron chi connectivity index (χ0n) is 21.0. The van der Waals surface area contributed by atoms with E-state index in [-0.39, 0.29) is 5.91 Å². The fraction of sp³-hybridized carbons (Fsp3) is 0.429. The van der Waals surface area contributed by atoms with Crippen LogP contribution in [0, 0.1) is 0 Å². The number of alkyl carbamates (subject to hydrolysis) is 1. The Balaban J connectivity index is 1.75. The quantitative estimate of drug-likeness (QED) is 0.596. The molecule has 1 aliphatic rings. The van der Waals surface area contributed by atoms with Crippen LogP contribution in [0.1, 0.15) is 59.8 Å². The Morgan fingerprint density at radius 3 is 2.35 bits per heavy atom. The fourth-order valence-corrected chi connectivity index (χ4v) is 4.05. The lowest BCUT2D eigenvalue weighted by atomic mass is 9.91. The van der Waals surface area contributed by atoms with Crippen molar-refractivity contribution in [2.24, 2.45) is 0 Å². The zero-order valence-corrected chi connectivity index (χ0v) is 21.0. The van der Waals surface area contributed by atoms with Gasteiger partial charge in [0.1, 0.15) is 5.60 Å². The molecular weight excluding hydrogens is 426 g/mol. The number of nitrogens with zero attached hydrogens (tertiary/aromatic N) is 1. The highest BCUT2D eigenvalue weighted by atomic mass is 16.6. The van der Waals surface area contributed by atoms with Crippen LogP contribution in [0.4, 0.5) is 4.79 Å². The van der Waals surface area contributed by atoms with Gasteiger partial charge in [-0.15, -0.1) is 0 Å². The van der Waals surface area contributed by atoms with Gasteiger partial charge >= 0.3 is 6.09 Å². The van der Waals surface area contributed by atoms with E-state index in [1.807, 2.05) is 32.9 Å². The Bertz CT molecular complexity index is 1050. The van der Waals surface area contributed by atoms with Crippen molar-refractivity contribution < 1.29 is 14.3 Å². The van der Waals surface area contributed by atoms with Crippen molar-refractivity contribution in [2.45, 2.75) is 45.6 Å². The second-order valence-corrected chi connectivity index (χ2v) is 9.92. The summed E-state index contributed by atoms with van der Waals surface area (Å²) in [5.74, 6) is -0.154. The van der Waals surface area contributed by atoms with Gasteiger partial charge in [-0.2, -0.15) is 0 Å². The van der Waals surface area contributed by atoms with Crippen LogP contribution < -0.4 is 10.6 Å². The average Bonchev–Trinajstić information content (AvgIpc) is 2.92. The normalized spacial score (nSPS) is 14.2. The van der Waals surface area contributed by atoms with Gasteiger partial charge in [0.2, 0.25) is 0 Å². The van der Waals surface area contributed by atoms with Gasteiger partial charge < -0.3 is 20.3 Å². The van der Waals surface area contributed by atoms with Gasteiger partial charge in [-0.3, -0.25) is 4.79 Å². The first-order valence-electron chi connectivity index (χ1n) is 12.0. The minimum absolute atomic E-state index is 0.154. The summed E-state index contributed by atoms with van der Waals surface area (Å²) in [6.07, 6.45) is 4.67. The maximum absolute atomic E-state index is 12.9. The van der Waals surface area contributed by atoms with E-state index < -0.39 is 11.7 Å². The first-order valence-corrected chi connectivity index (χ1v) is 12.0. The lowest BCUT2D eigenvalue weighted by molar-refractivity contribution is 0.0526. The number of benzene rings is 2. The summed E-state index contributed by atoms with van der Waals surface area (Å²) < 4.78 is 5.22. The Hall–Kier alpha value is -3.12. The molecule has 0 unspecified atom stereocenters. The van der Waals surface area contributed by atoms with Crippen molar-refractivity contribution in [3.05, 3.63) is 76.4 Å². The number of nitrogens with one attached hydrogen (secondary N) is 2. The molecule has 6 nitrogen and oxygen atoms in total. The van der Waals surface area contributed by atoms with Crippen LogP contribution in [0.25, 0.3) is 5.57 Å². The van der Waals surface area contributed by atoms with E-state index in [0.717, 1.165) is 31.4 Å². The monoisotopic (exact) mass is 463 g/mol. The largest absolute Gasteiger partial charge is 0.444 e. The lowest BCUT2D eigenvalue weighted by Gasteiger charge is -2.19. The predicted molar refractivity (Wildman–Crippen MR) is 137 cm³/mol. The highest BCUT2D eigenvalue weighted by Gasteiger charge is 2.20. The van der Waals surface area contributed by atoms with E-state index in [2.05, 4.69) is 66.0 Å². The molecule has 0 radical (unpaired) electrons. The third-order valence-electron chi connectivity index (χ3n) is 5.64. The SMILES string of the molecule is CN(C)CC/C=C1\c2ccccc2CCc2ccc(C(=O)NCCNC(=O)OC(C)(C)C)cc21. The summed E-state index contributed by atoms with van der Waals surface area (Å²) in [7, 11) is 4.15.